The normalized spacial score (nSPS) is 43.1. The Hall–Kier alpha value is -0.200. The van der Waals surface area contributed by atoms with Gasteiger partial charge in [0.25, 0.3) is 0 Å². The topological polar surface area (TPSA) is 90.2 Å². The van der Waals surface area contributed by atoms with Crippen molar-refractivity contribution >= 4 is 0 Å². The fourth-order valence-corrected chi connectivity index (χ4v) is 1.89. The molecule has 1 unspecified atom stereocenters. The minimum atomic E-state index is -1.20. The van der Waals surface area contributed by atoms with Gasteiger partial charge in [0.15, 0.2) is 0 Å². The fourth-order valence-electron chi connectivity index (χ4n) is 1.89. The molecule has 4 atom stereocenters. The second-order valence-corrected chi connectivity index (χ2v) is 3.70. The van der Waals surface area contributed by atoms with Crippen molar-refractivity contribution in [3.8, 4) is 0 Å². The second kappa shape index (κ2) is 4.55. The Morgan fingerprint density at radius 2 is 1.93 bits per heavy atom. The average Bonchev–Trinajstić information content (AvgIpc) is 2.44. The molecule has 1 rings (SSSR count). The molecule has 4 N–H and O–H groups in total. The van der Waals surface area contributed by atoms with E-state index in [1.807, 2.05) is 6.92 Å². The van der Waals surface area contributed by atoms with Crippen molar-refractivity contribution in [3.63, 3.8) is 0 Å². The van der Waals surface area contributed by atoms with Gasteiger partial charge in [0.2, 0.25) is 0 Å². The van der Waals surface area contributed by atoms with Crippen LogP contribution in [0.15, 0.2) is 0 Å². The summed E-state index contributed by atoms with van der Waals surface area (Å²) in [5.74, 6) is 0. The highest BCUT2D eigenvalue weighted by Gasteiger charge is 2.52. The van der Waals surface area contributed by atoms with Gasteiger partial charge in [-0.3, -0.25) is 0 Å². The summed E-state index contributed by atoms with van der Waals surface area (Å²) in [5, 5.41) is 37.2. The van der Waals surface area contributed by atoms with Gasteiger partial charge < -0.3 is 25.2 Å². The molecule has 0 radical (unpaired) electrons. The molecule has 1 aliphatic rings. The van der Waals surface area contributed by atoms with E-state index in [2.05, 4.69) is 0 Å². The highest BCUT2D eigenvalue weighted by atomic mass is 16.6. The van der Waals surface area contributed by atoms with Crippen LogP contribution in [0.2, 0.25) is 0 Å². The summed E-state index contributed by atoms with van der Waals surface area (Å²) in [4.78, 5) is 0. The molecule has 0 aromatic carbocycles. The van der Waals surface area contributed by atoms with Crippen molar-refractivity contribution in [3.05, 3.63) is 0 Å². The van der Waals surface area contributed by atoms with Gasteiger partial charge in [-0.25, -0.2) is 0 Å². The van der Waals surface area contributed by atoms with Gasteiger partial charge in [-0.2, -0.15) is 0 Å². The van der Waals surface area contributed by atoms with Crippen molar-refractivity contribution in [2.75, 3.05) is 13.2 Å². The molecule has 1 aliphatic heterocycles. The molecule has 1 heterocycles. The fraction of sp³-hybridized carbons (Fsp3) is 1.00. The molecule has 0 aromatic rings. The van der Waals surface area contributed by atoms with Gasteiger partial charge in [-0.1, -0.05) is 6.92 Å². The molecule has 0 saturated carbocycles. The summed E-state index contributed by atoms with van der Waals surface area (Å²) in [6, 6.07) is 0. The largest absolute Gasteiger partial charge is 0.396 e. The predicted octanol–water partition coefficient (Wildman–Crippen LogP) is -1.37. The summed E-state index contributed by atoms with van der Waals surface area (Å²) in [6.07, 6.45) is -1.91. The quantitative estimate of drug-likeness (QED) is 0.455. The average molecular weight is 206 g/mol. The standard InChI is InChI=1S/C9H18O5/c1-2-6-7(12)8(13)9(5-11,14-6)3-4-10/h6-8,10-13H,2-5H2,1H3/t6-,7+,8-,9?/m0/s1. The Bertz CT molecular complexity index is 186. The van der Waals surface area contributed by atoms with Gasteiger partial charge in [-0.05, 0) is 6.42 Å². The first-order valence-electron chi connectivity index (χ1n) is 4.87. The van der Waals surface area contributed by atoms with Crippen LogP contribution in [0.5, 0.6) is 0 Å². The van der Waals surface area contributed by atoms with Crippen molar-refractivity contribution in [2.24, 2.45) is 0 Å². The third-order valence-electron chi connectivity index (χ3n) is 2.83. The van der Waals surface area contributed by atoms with E-state index in [1.54, 1.807) is 0 Å². The van der Waals surface area contributed by atoms with Gasteiger partial charge in [0.05, 0.1) is 12.7 Å². The van der Waals surface area contributed by atoms with E-state index in [0.29, 0.717) is 6.42 Å². The number of hydrogen-bond donors (Lipinski definition) is 4. The summed E-state index contributed by atoms with van der Waals surface area (Å²) in [7, 11) is 0. The minimum Gasteiger partial charge on any atom is -0.396 e. The lowest BCUT2D eigenvalue weighted by atomic mass is 9.92. The van der Waals surface area contributed by atoms with E-state index in [1.165, 1.54) is 0 Å². The van der Waals surface area contributed by atoms with Crippen LogP contribution in [0.4, 0.5) is 0 Å². The maximum absolute atomic E-state index is 9.69. The van der Waals surface area contributed by atoms with Gasteiger partial charge in [-0.15, -0.1) is 0 Å². The van der Waals surface area contributed by atoms with E-state index in [-0.39, 0.29) is 13.0 Å². The zero-order valence-corrected chi connectivity index (χ0v) is 8.26. The lowest BCUT2D eigenvalue weighted by molar-refractivity contribution is -0.121. The molecule has 1 saturated heterocycles. The van der Waals surface area contributed by atoms with E-state index in [4.69, 9.17) is 14.9 Å². The SMILES string of the molecule is CC[C@@H]1OC(CO)(CCO)[C@@H](O)[C@@H]1O. The van der Waals surface area contributed by atoms with E-state index < -0.39 is 30.5 Å². The number of aliphatic hydroxyl groups is 4. The minimum absolute atomic E-state index is 0.123. The van der Waals surface area contributed by atoms with Crippen LogP contribution < -0.4 is 0 Å². The van der Waals surface area contributed by atoms with Crippen LogP contribution >= 0.6 is 0 Å². The van der Waals surface area contributed by atoms with Gasteiger partial charge in [0, 0.05) is 13.0 Å². The molecule has 0 aromatic heterocycles. The molecule has 84 valence electrons. The lowest BCUT2D eigenvalue weighted by Crippen LogP contribution is -2.47. The maximum Gasteiger partial charge on any atom is 0.122 e. The van der Waals surface area contributed by atoms with Gasteiger partial charge in [0.1, 0.15) is 17.8 Å². The van der Waals surface area contributed by atoms with E-state index >= 15 is 0 Å². The first-order valence-corrected chi connectivity index (χ1v) is 4.87. The van der Waals surface area contributed by atoms with Crippen LogP contribution in [0.3, 0.4) is 0 Å². The van der Waals surface area contributed by atoms with Crippen LogP contribution in [-0.2, 0) is 4.74 Å². The predicted molar refractivity (Wildman–Crippen MR) is 48.7 cm³/mol. The first kappa shape index (κ1) is 11.9. The number of hydrogen-bond acceptors (Lipinski definition) is 5. The molecule has 0 aliphatic carbocycles. The summed E-state index contributed by atoms with van der Waals surface area (Å²) in [6.45, 7) is 1.23. The van der Waals surface area contributed by atoms with Crippen molar-refractivity contribution in [1.82, 2.24) is 0 Å². The molecule has 14 heavy (non-hydrogen) atoms. The molecule has 1 fully saturated rings. The Balaban J connectivity index is 2.78. The summed E-state index contributed by atoms with van der Waals surface area (Å²) < 4.78 is 5.40. The van der Waals surface area contributed by atoms with E-state index in [0.717, 1.165) is 0 Å². The van der Waals surface area contributed by atoms with Crippen molar-refractivity contribution < 1.29 is 25.2 Å². The Morgan fingerprint density at radius 1 is 1.29 bits per heavy atom. The third-order valence-corrected chi connectivity index (χ3v) is 2.83. The van der Waals surface area contributed by atoms with Crippen LogP contribution in [0, 0.1) is 0 Å². The van der Waals surface area contributed by atoms with Crippen molar-refractivity contribution in [1.29, 1.82) is 0 Å². The highest BCUT2D eigenvalue weighted by molar-refractivity contribution is 5.01. The molecule has 0 amide bonds. The van der Waals surface area contributed by atoms with E-state index in [9.17, 15) is 10.2 Å². The zero-order valence-electron chi connectivity index (χ0n) is 8.26. The van der Waals surface area contributed by atoms with Crippen LogP contribution in [0.1, 0.15) is 19.8 Å². The van der Waals surface area contributed by atoms with Crippen LogP contribution in [-0.4, -0.2) is 57.6 Å². The second-order valence-electron chi connectivity index (χ2n) is 3.70. The van der Waals surface area contributed by atoms with Crippen LogP contribution in [0.25, 0.3) is 0 Å². The molecule has 0 spiro atoms. The highest BCUT2D eigenvalue weighted by Crippen LogP contribution is 2.34. The van der Waals surface area contributed by atoms with Gasteiger partial charge >= 0.3 is 0 Å². The Labute approximate surface area is 82.9 Å². The Kier molecular flexibility index (Phi) is 3.86. The Morgan fingerprint density at radius 3 is 2.29 bits per heavy atom. The maximum atomic E-state index is 9.69. The molecule has 5 heteroatoms. The summed E-state index contributed by atoms with van der Waals surface area (Å²) in [5.41, 5.74) is -1.20. The molecular weight excluding hydrogens is 188 g/mol. The summed E-state index contributed by atoms with van der Waals surface area (Å²) >= 11 is 0. The molecule has 5 nitrogen and oxygen atoms in total. The molecule has 0 bridgehead atoms. The number of aliphatic hydroxyl groups excluding tert-OH is 4. The van der Waals surface area contributed by atoms with Crippen molar-refractivity contribution in [2.45, 2.75) is 43.7 Å². The smallest absolute Gasteiger partial charge is 0.122 e. The lowest BCUT2D eigenvalue weighted by Gasteiger charge is -2.29. The monoisotopic (exact) mass is 206 g/mol. The number of ether oxygens (including phenoxy) is 1. The number of rotatable bonds is 4. The first-order chi connectivity index (χ1) is 6.61. The zero-order chi connectivity index (χ0) is 10.8. The molecular formula is C9H18O5. The third kappa shape index (κ3) is 1.78.